The summed E-state index contributed by atoms with van der Waals surface area (Å²) >= 11 is 0. The number of unbranched alkanes of at least 4 members (excludes halogenated alkanes) is 10. The Kier molecular flexibility index (Phi) is 18.8. The normalized spacial score (nSPS) is 24.0. The Labute approximate surface area is 238 Å². The molecule has 1 aliphatic rings. The van der Waals surface area contributed by atoms with E-state index in [9.17, 15) is 33.3 Å². The quantitative estimate of drug-likeness (QED) is 0.0812. The van der Waals surface area contributed by atoms with Crippen LogP contribution in [-0.2, 0) is 38.7 Å². The molecule has 40 heavy (non-hydrogen) atoms. The van der Waals surface area contributed by atoms with Gasteiger partial charge in [-0.3, -0.25) is 14.1 Å². The molecule has 0 aliphatic carbocycles. The molecule has 0 saturated carbocycles. The van der Waals surface area contributed by atoms with Crippen LogP contribution in [0.5, 0.6) is 0 Å². The predicted octanol–water partition coefficient (Wildman–Crippen LogP) is 2.65. The highest BCUT2D eigenvalue weighted by Gasteiger charge is 2.46. The number of aliphatic hydroxyl groups excluding tert-OH is 3. The predicted molar refractivity (Wildman–Crippen MR) is 146 cm³/mol. The fourth-order valence-corrected chi connectivity index (χ4v) is 5.01. The van der Waals surface area contributed by atoms with E-state index in [1.165, 1.54) is 25.7 Å². The largest absolute Gasteiger partial charge is 0.462 e. The van der Waals surface area contributed by atoms with Crippen LogP contribution < -0.4 is 0 Å². The van der Waals surface area contributed by atoms with E-state index in [1.807, 2.05) is 6.92 Å². The smallest absolute Gasteiger partial charge is 0.306 e. The molecular formula is C27H50O12S. The lowest BCUT2D eigenvalue weighted by Gasteiger charge is -2.40. The lowest BCUT2D eigenvalue weighted by molar-refractivity contribution is -0.297. The van der Waals surface area contributed by atoms with Crippen LogP contribution in [0.25, 0.3) is 0 Å². The Balaban J connectivity index is 2.63. The molecule has 1 heterocycles. The minimum absolute atomic E-state index is 0.159. The number of carbonyl (C=O) groups excluding carboxylic acids is 2. The Bertz CT molecular complexity index is 805. The summed E-state index contributed by atoms with van der Waals surface area (Å²) in [6, 6.07) is 0. The molecule has 0 aromatic heterocycles. The van der Waals surface area contributed by atoms with Crippen molar-refractivity contribution in [1.82, 2.24) is 0 Å². The van der Waals surface area contributed by atoms with Gasteiger partial charge in [-0.05, 0) is 12.8 Å². The van der Waals surface area contributed by atoms with E-state index >= 15 is 0 Å². The van der Waals surface area contributed by atoms with E-state index in [4.69, 9.17) is 23.5 Å². The van der Waals surface area contributed by atoms with Crippen LogP contribution in [0, 0.1) is 0 Å². The zero-order chi connectivity index (χ0) is 30.0. The van der Waals surface area contributed by atoms with Gasteiger partial charge in [0, 0.05) is 12.8 Å². The van der Waals surface area contributed by atoms with Crippen molar-refractivity contribution in [3.05, 3.63) is 0 Å². The van der Waals surface area contributed by atoms with E-state index in [-0.39, 0.29) is 19.4 Å². The van der Waals surface area contributed by atoms with Crippen LogP contribution in [0.15, 0.2) is 0 Å². The van der Waals surface area contributed by atoms with Gasteiger partial charge in [0.1, 0.15) is 36.8 Å². The van der Waals surface area contributed by atoms with E-state index in [0.717, 1.165) is 38.5 Å². The van der Waals surface area contributed by atoms with Crippen molar-refractivity contribution in [2.24, 2.45) is 0 Å². The van der Waals surface area contributed by atoms with Crippen LogP contribution in [0.3, 0.4) is 0 Å². The van der Waals surface area contributed by atoms with Gasteiger partial charge in [0.15, 0.2) is 12.4 Å². The SMILES string of the molecule is CCCCCCCCCCC(=O)OC[C@H](CO[C@@H]1O[C@H](CS(=O)(=O)O)[C@@H](O)[C@H](O)[C@H]1O)OC(=O)CCCCCC. The zero-order valence-corrected chi connectivity index (χ0v) is 24.8. The molecule has 0 spiro atoms. The Morgan fingerprint density at radius 1 is 0.750 bits per heavy atom. The Morgan fingerprint density at radius 2 is 1.27 bits per heavy atom. The second-order valence-electron chi connectivity index (χ2n) is 10.4. The molecule has 0 bridgehead atoms. The molecule has 12 nitrogen and oxygen atoms in total. The highest BCUT2D eigenvalue weighted by Crippen LogP contribution is 2.23. The van der Waals surface area contributed by atoms with Gasteiger partial charge in [-0.2, -0.15) is 8.42 Å². The highest BCUT2D eigenvalue weighted by molar-refractivity contribution is 7.85. The number of carbonyl (C=O) groups is 2. The average molecular weight is 599 g/mol. The third-order valence-corrected chi connectivity index (χ3v) is 7.44. The Hall–Kier alpha value is -1.35. The second kappa shape index (κ2) is 20.5. The first-order valence-corrected chi connectivity index (χ1v) is 16.2. The molecule has 0 unspecified atom stereocenters. The first-order valence-electron chi connectivity index (χ1n) is 14.6. The number of esters is 2. The number of hydrogen-bond donors (Lipinski definition) is 4. The Morgan fingerprint density at radius 3 is 1.85 bits per heavy atom. The fourth-order valence-electron chi connectivity index (χ4n) is 4.32. The topological polar surface area (TPSA) is 186 Å². The number of hydrogen-bond acceptors (Lipinski definition) is 11. The van der Waals surface area contributed by atoms with Crippen molar-refractivity contribution in [2.75, 3.05) is 19.0 Å². The first-order chi connectivity index (χ1) is 19.0. The lowest BCUT2D eigenvalue weighted by atomic mass is 10.00. The molecule has 4 N–H and O–H groups in total. The van der Waals surface area contributed by atoms with Gasteiger partial charge in [0.2, 0.25) is 0 Å². The summed E-state index contributed by atoms with van der Waals surface area (Å²) in [5.41, 5.74) is 0. The fraction of sp³-hybridized carbons (Fsp3) is 0.926. The van der Waals surface area contributed by atoms with Crippen molar-refractivity contribution in [2.45, 2.75) is 141 Å². The van der Waals surface area contributed by atoms with Crippen molar-refractivity contribution >= 4 is 22.1 Å². The van der Waals surface area contributed by atoms with Crippen LogP contribution in [0.4, 0.5) is 0 Å². The molecular weight excluding hydrogens is 548 g/mol. The van der Waals surface area contributed by atoms with E-state index in [0.29, 0.717) is 12.8 Å². The minimum atomic E-state index is -4.58. The molecule has 0 radical (unpaired) electrons. The third kappa shape index (κ3) is 16.2. The second-order valence-corrected chi connectivity index (χ2v) is 11.9. The number of rotatable bonds is 22. The minimum Gasteiger partial charge on any atom is -0.462 e. The van der Waals surface area contributed by atoms with Crippen LogP contribution >= 0.6 is 0 Å². The molecule has 0 aromatic carbocycles. The van der Waals surface area contributed by atoms with Crippen molar-refractivity contribution in [1.29, 1.82) is 0 Å². The lowest BCUT2D eigenvalue weighted by Crippen LogP contribution is -2.60. The molecule has 0 amide bonds. The maximum Gasteiger partial charge on any atom is 0.306 e. The van der Waals surface area contributed by atoms with E-state index < -0.39 is 71.2 Å². The van der Waals surface area contributed by atoms with Gasteiger partial charge in [-0.25, -0.2) is 0 Å². The standard InChI is InChI=1S/C27H50O12S/c1-3-5-7-9-10-11-12-14-15-22(28)36-17-20(38-23(29)16-13-8-6-4-2)18-37-27-26(32)25(31)24(30)21(39-27)19-40(33,34)35/h20-21,24-27,30-32H,3-19H2,1-2H3,(H,33,34,35)/t20-,21-,24-,25+,26-,27-/m1/s1. The summed E-state index contributed by atoms with van der Waals surface area (Å²) in [6.45, 7) is 3.50. The summed E-state index contributed by atoms with van der Waals surface area (Å²) in [6.07, 6.45) is 2.84. The molecule has 0 aromatic rings. The number of aliphatic hydroxyl groups is 3. The van der Waals surface area contributed by atoms with Crippen molar-refractivity contribution in [3.8, 4) is 0 Å². The monoisotopic (exact) mass is 598 g/mol. The molecule has 6 atom stereocenters. The van der Waals surface area contributed by atoms with Gasteiger partial charge < -0.3 is 34.3 Å². The molecule has 1 rings (SSSR count). The number of ether oxygens (including phenoxy) is 4. The van der Waals surface area contributed by atoms with Crippen molar-refractivity contribution < 1.29 is 56.8 Å². The third-order valence-electron chi connectivity index (χ3n) is 6.69. The van der Waals surface area contributed by atoms with E-state index in [1.54, 1.807) is 0 Å². The van der Waals surface area contributed by atoms with Gasteiger partial charge >= 0.3 is 11.9 Å². The summed E-state index contributed by atoms with van der Waals surface area (Å²) in [4.78, 5) is 24.6. The van der Waals surface area contributed by atoms with Crippen molar-refractivity contribution in [3.63, 3.8) is 0 Å². The first kappa shape index (κ1) is 36.7. The average Bonchev–Trinajstić information content (AvgIpc) is 2.89. The summed E-state index contributed by atoms with van der Waals surface area (Å²) < 4.78 is 53.0. The van der Waals surface area contributed by atoms with E-state index in [2.05, 4.69) is 6.92 Å². The molecule has 1 fully saturated rings. The molecule has 13 heteroatoms. The van der Waals surface area contributed by atoms with Gasteiger partial charge in [-0.15, -0.1) is 0 Å². The maximum atomic E-state index is 12.4. The molecule has 1 aliphatic heterocycles. The van der Waals surface area contributed by atoms with Crippen LogP contribution in [-0.4, -0.2) is 96.0 Å². The summed E-state index contributed by atoms with van der Waals surface area (Å²) in [7, 11) is -4.58. The summed E-state index contributed by atoms with van der Waals surface area (Å²) in [5, 5.41) is 30.3. The van der Waals surface area contributed by atoms with Crippen LogP contribution in [0.1, 0.15) is 104 Å². The maximum absolute atomic E-state index is 12.4. The highest BCUT2D eigenvalue weighted by atomic mass is 32.2. The van der Waals surface area contributed by atoms with Gasteiger partial charge in [-0.1, -0.05) is 78.1 Å². The molecule has 236 valence electrons. The van der Waals surface area contributed by atoms with Gasteiger partial charge in [0.05, 0.1) is 6.61 Å². The zero-order valence-electron chi connectivity index (χ0n) is 23.9. The van der Waals surface area contributed by atoms with Crippen LogP contribution in [0.2, 0.25) is 0 Å². The van der Waals surface area contributed by atoms with Gasteiger partial charge in [0.25, 0.3) is 10.1 Å². The molecule has 1 saturated heterocycles. The summed E-state index contributed by atoms with van der Waals surface area (Å²) in [5.74, 6) is -2.01.